The van der Waals surface area contributed by atoms with Gasteiger partial charge in [-0.3, -0.25) is 10.1 Å². The van der Waals surface area contributed by atoms with Crippen LogP contribution in [0.3, 0.4) is 0 Å². The summed E-state index contributed by atoms with van der Waals surface area (Å²) in [6.07, 6.45) is -4.81. The van der Waals surface area contributed by atoms with Gasteiger partial charge in [-0.25, -0.2) is 0 Å². The highest BCUT2D eigenvalue weighted by molar-refractivity contribution is 5.85. The maximum absolute atomic E-state index is 12.5. The van der Waals surface area contributed by atoms with Crippen LogP contribution in [0, 0.1) is 0 Å². The predicted octanol–water partition coefficient (Wildman–Crippen LogP) is 0.129. The molecule has 7 heteroatoms. The first-order chi connectivity index (χ1) is 6.11. The van der Waals surface area contributed by atoms with E-state index in [0.29, 0.717) is 0 Å². The molecule has 0 aromatic carbocycles. The number of primary amides is 1. The van der Waals surface area contributed by atoms with E-state index in [1.165, 1.54) is 13.8 Å². The Labute approximate surface area is 78.6 Å². The van der Waals surface area contributed by atoms with Crippen molar-refractivity contribution in [1.82, 2.24) is 5.32 Å². The molecule has 1 rings (SSSR count). The largest absolute Gasteiger partial charge is 0.427 e. The van der Waals surface area contributed by atoms with Gasteiger partial charge in [0.15, 0.2) is 0 Å². The van der Waals surface area contributed by atoms with Crippen LogP contribution >= 0.6 is 0 Å². The van der Waals surface area contributed by atoms with E-state index in [0.717, 1.165) is 0 Å². The van der Waals surface area contributed by atoms with Gasteiger partial charge in [-0.2, -0.15) is 13.2 Å². The molecule has 0 spiro atoms. The smallest absolute Gasteiger partial charge is 0.367 e. The van der Waals surface area contributed by atoms with Gasteiger partial charge in [-0.15, -0.1) is 0 Å². The Hall–Kier alpha value is -0.820. The monoisotopic (exact) mass is 212 g/mol. The first kappa shape index (κ1) is 11.3. The summed E-state index contributed by atoms with van der Waals surface area (Å²) in [5.74, 6) is -1.52. The summed E-state index contributed by atoms with van der Waals surface area (Å²) in [5, 5.41) is 2.43. The molecule has 3 N–H and O–H groups in total. The average molecular weight is 212 g/mol. The van der Waals surface area contributed by atoms with Gasteiger partial charge >= 0.3 is 6.18 Å². The van der Waals surface area contributed by atoms with Gasteiger partial charge in [-0.1, -0.05) is 0 Å². The molecule has 14 heavy (non-hydrogen) atoms. The van der Waals surface area contributed by atoms with E-state index in [1.807, 2.05) is 0 Å². The Kier molecular flexibility index (Phi) is 2.28. The van der Waals surface area contributed by atoms with Crippen LogP contribution in [0.1, 0.15) is 13.8 Å². The van der Waals surface area contributed by atoms with Crippen molar-refractivity contribution >= 4 is 5.91 Å². The molecule has 1 fully saturated rings. The quantitative estimate of drug-likeness (QED) is 0.649. The highest BCUT2D eigenvalue weighted by Crippen LogP contribution is 2.39. The maximum Gasteiger partial charge on any atom is 0.427 e. The van der Waals surface area contributed by atoms with Gasteiger partial charge in [0.2, 0.25) is 0 Å². The zero-order valence-corrected chi connectivity index (χ0v) is 7.73. The number of amides is 1. The second-order valence-electron chi connectivity index (χ2n) is 3.65. The van der Waals surface area contributed by atoms with Gasteiger partial charge in [0, 0.05) is 6.54 Å². The number of rotatable bonds is 1. The van der Waals surface area contributed by atoms with Crippen LogP contribution in [0.25, 0.3) is 0 Å². The number of nitrogens with one attached hydrogen (secondary N) is 1. The number of hydrogen-bond donors (Lipinski definition) is 2. The normalized spacial score (nSPS) is 31.8. The Bertz CT molecular complexity index is 264. The summed E-state index contributed by atoms with van der Waals surface area (Å²) < 4.78 is 42.3. The minimum absolute atomic E-state index is 0.654. The van der Waals surface area contributed by atoms with Crippen LogP contribution in [0.15, 0.2) is 0 Å². The van der Waals surface area contributed by atoms with Crippen LogP contribution in [0.5, 0.6) is 0 Å². The van der Waals surface area contributed by atoms with E-state index in [9.17, 15) is 18.0 Å². The highest BCUT2D eigenvalue weighted by Gasteiger charge is 2.66. The summed E-state index contributed by atoms with van der Waals surface area (Å²) in [5.41, 5.74) is 0.606. The molecule has 0 bridgehead atoms. The third-order valence-corrected chi connectivity index (χ3v) is 2.05. The lowest BCUT2D eigenvalue weighted by Gasteiger charge is -2.29. The van der Waals surface area contributed by atoms with Crippen molar-refractivity contribution in [3.63, 3.8) is 0 Å². The fourth-order valence-corrected chi connectivity index (χ4v) is 1.28. The zero-order valence-electron chi connectivity index (χ0n) is 7.73. The maximum atomic E-state index is 12.5. The lowest BCUT2D eigenvalue weighted by atomic mass is 10.0. The minimum atomic E-state index is -4.81. The number of hydrogen-bond acceptors (Lipinski definition) is 3. The van der Waals surface area contributed by atoms with Crippen molar-refractivity contribution in [1.29, 1.82) is 0 Å². The van der Waals surface area contributed by atoms with Crippen LogP contribution in [0.2, 0.25) is 0 Å². The van der Waals surface area contributed by atoms with Crippen molar-refractivity contribution in [2.45, 2.75) is 31.3 Å². The lowest BCUT2D eigenvalue weighted by Crippen LogP contribution is -2.58. The van der Waals surface area contributed by atoms with Crippen LogP contribution in [-0.2, 0) is 9.53 Å². The standard InChI is InChI=1S/C7H11F3N2O2/c1-5(2)12-3-6(14-5,4(11)13)7(8,9)10/h12H,3H2,1-2H3,(H2,11,13). The molecular formula is C7H11F3N2O2. The van der Waals surface area contributed by atoms with Crippen LogP contribution in [-0.4, -0.2) is 30.0 Å². The molecule has 1 atom stereocenters. The molecule has 1 aliphatic rings. The van der Waals surface area contributed by atoms with Gasteiger partial charge < -0.3 is 10.5 Å². The van der Waals surface area contributed by atoms with Gasteiger partial charge in [0.1, 0.15) is 5.72 Å². The van der Waals surface area contributed by atoms with E-state index in [2.05, 4.69) is 10.1 Å². The number of nitrogens with two attached hydrogens (primary N) is 1. The van der Waals surface area contributed by atoms with Crippen LogP contribution in [0.4, 0.5) is 13.2 Å². The third-order valence-electron chi connectivity index (χ3n) is 2.05. The Morgan fingerprint density at radius 1 is 1.50 bits per heavy atom. The first-order valence-corrected chi connectivity index (χ1v) is 3.93. The van der Waals surface area contributed by atoms with E-state index in [-0.39, 0.29) is 0 Å². The zero-order chi connectivity index (χ0) is 11.2. The molecule has 1 aliphatic heterocycles. The number of halogens is 3. The van der Waals surface area contributed by atoms with Gasteiger partial charge in [0.05, 0.1) is 0 Å². The summed E-state index contributed by atoms with van der Waals surface area (Å²) in [4.78, 5) is 10.8. The topological polar surface area (TPSA) is 64.3 Å². The molecule has 0 aromatic rings. The minimum Gasteiger partial charge on any atom is -0.367 e. The van der Waals surface area contributed by atoms with E-state index in [4.69, 9.17) is 5.73 Å². The average Bonchev–Trinajstić information content (AvgIpc) is 2.25. The first-order valence-electron chi connectivity index (χ1n) is 3.93. The fourth-order valence-electron chi connectivity index (χ4n) is 1.28. The third kappa shape index (κ3) is 1.57. The Morgan fingerprint density at radius 2 is 2.00 bits per heavy atom. The van der Waals surface area contributed by atoms with Crippen molar-refractivity contribution < 1.29 is 22.7 Å². The molecule has 0 aliphatic carbocycles. The molecular weight excluding hydrogens is 201 g/mol. The Balaban J connectivity index is 3.05. The highest BCUT2D eigenvalue weighted by atomic mass is 19.4. The fraction of sp³-hybridized carbons (Fsp3) is 0.857. The van der Waals surface area contributed by atoms with Crippen molar-refractivity contribution in [3.8, 4) is 0 Å². The molecule has 1 heterocycles. The molecule has 1 saturated heterocycles. The predicted molar refractivity (Wildman–Crippen MR) is 41.1 cm³/mol. The Morgan fingerprint density at radius 3 is 2.14 bits per heavy atom. The van der Waals surface area contributed by atoms with Gasteiger partial charge in [0.25, 0.3) is 11.5 Å². The van der Waals surface area contributed by atoms with E-state index in [1.54, 1.807) is 0 Å². The molecule has 1 unspecified atom stereocenters. The second kappa shape index (κ2) is 2.83. The van der Waals surface area contributed by atoms with Crippen LogP contribution < -0.4 is 11.1 Å². The molecule has 0 saturated carbocycles. The molecule has 1 amide bonds. The van der Waals surface area contributed by atoms with Crippen molar-refractivity contribution in [3.05, 3.63) is 0 Å². The summed E-state index contributed by atoms with van der Waals surface area (Å²) in [6.45, 7) is 2.13. The lowest BCUT2D eigenvalue weighted by molar-refractivity contribution is -0.266. The number of carbonyl (C=O) groups excluding carboxylic acids is 1. The summed E-state index contributed by atoms with van der Waals surface area (Å²) in [7, 11) is 0. The number of carbonyl (C=O) groups is 1. The SMILES string of the molecule is CC1(C)NCC(C(N)=O)(C(F)(F)F)O1. The van der Waals surface area contributed by atoms with E-state index >= 15 is 0 Å². The van der Waals surface area contributed by atoms with Crippen molar-refractivity contribution in [2.75, 3.05) is 6.54 Å². The molecule has 82 valence electrons. The molecule has 0 radical (unpaired) electrons. The summed E-state index contributed by atoms with van der Waals surface area (Å²) in [6, 6.07) is 0. The second-order valence-corrected chi connectivity index (χ2v) is 3.65. The molecule has 0 aromatic heterocycles. The summed E-state index contributed by atoms with van der Waals surface area (Å²) >= 11 is 0. The van der Waals surface area contributed by atoms with E-state index < -0.39 is 30.0 Å². The van der Waals surface area contributed by atoms with Crippen molar-refractivity contribution in [2.24, 2.45) is 5.73 Å². The number of ether oxygens (including phenoxy) is 1. The molecule has 4 nitrogen and oxygen atoms in total. The number of alkyl halides is 3. The van der Waals surface area contributed by atoms with Gasteiger partial charge in [-0.05, 0) is 13.8 Å².